The second-order valence-corrected chi connectivity index (χ2v) is 9.67. The van der Waals surface area contributed by atoms with Crippen LogP contribution in [-0.2, 0) is 6.54 Å². The average molecular weight is 470 g/mol. The van der Waals surface area contributed by atoms with Gasteiger partial charge in [-0.05, 0) is 51.8 Å². The summed E-state index contributed by atoms with van der Waals surface area (Å²) in [5.74, 6) is 0. The van der Waals surface area contributed by atoms with Gasteiger partial charge in [-0.1, -0.05) is 103 Å². The van der Waals surface area contributed by atoms with Gasteiger partial charge >= 0.3 is 0 Å². The number of aromatic nitrogens is 2. The molecule has 0 saturated carbocycles. The van der Waals surface area contributed by atoms with Crippen LogP contribution in [-0.4, -0.2) is 34.1 Å². The average Bonchev–Trinajstić information content (AvgIpc) is 3.37. The predicted octanol–water partition coefficient (Wildman–Crippen LogP) is 7.03. The van der Waals surface area contributed by atoms with Gasteiger partial charge in [-0.2, -0.15) is 0 Å². The number of piperidine rings is 1. The molecule has 0 N–H and O–H groups in total. The molecule has 0 bridgehead atoms. The summed E-state index contributed by atoms with van der Waals surface area (Å²) >= 11 is 0. The monoisotopic (exact) mass is 469 g/mol. The Morgan fingerprint density at radius 1 is 0.778 bits per heavy atom. The molecule has 1 fully saturated rings. The number of nitrogens with zero attached hydrogens (tertiary/aromatic N) is 3. The van der Waals surface area contributed by atoms with Crippen LogP contribution in [0.2, 0.25) is 0 Å². The molecule has 178 valence electrons. The van der Waals surface area contributed by atoms with Crippen LogP contribution in [0.5, 0.6) is 0 Å². The molecule has 0 unspecified atom stereocenters. The molecule has 6 rings (SSSR count). The van der Waals surface area contributed by atoms with E-state index in [2.05, 4.69) is 112 Å². The minimum Gasteiger partial charge on any atom is -0.333 e. The maximum Gasteiger partial charge on any atom is 0.0949 e. The highest BCUT2D eigenvalue weighted by molar-refractivity contribution is 5.94. The maximum atomic E-state index is 4.12. The van der Waals surface area contributed by atoms with Crippen LogP contribution in [0.25, 0.3) is 23.8 Å². The molecule has 0 atom stereocenters. The largest absolute Gasteiger partial charge is 0.333 e. The van der Waals surface area contributed by atoms with Crippen molar-refractivity contribution in [3.63, 3.8) is 0 Å². The first-order valence-corrected chi connectivity index (χ1v) is 12.9. The lowest BCUT2D eigenvalue weighted by atomic mass is 9.86. The maximum absolute atomic E-state index is 4.12. The summed E-state index contributed by atoms with van der Waals surface area (Å²) in [6.07, 6.45) is 17.0. The van der Waals surface area contributed by atoms with Gasteiger partial charge in [0.25, 0.3) is 0 Å². The van der Waals surface area contributed by atoms with Crippen LogP contribution in [0.3, 0.4) is 0 Å². The Bertz CT molecular complexity index is 1360. The summed E-state index contributed by atoms with van der Waals surface area (Å²) < 4.78 is 2.09. The lowest BCUT2D eigenvalue weighted by molar-refractivity contribution is 0.284. The zero-order valence-corrected chi connectivity index (χ0v) is 20.6. The lowest BCUT2D eigenvalue weighted by Gasteiger charge is -2.29. The minimum atomic E-state index is 0.862. The number of hydrogen-bond donors (Lipinski definition) is 0. The minimum absolute atomic E-state index is 0.862. The van der Waals surface area contributed by atoms with Gasteiger partial charge in [-0.25, -0.2) is 4.98 Å². The van der Waals surface area contributed by atoms with Crippen LogP contribution in [0.15, 0.2) is 103 Å². The van der Waals surface area contributed by atoms with Crippen molar-refractivity contribution in [2.75, 3.05) is 19.6 Å². The van der Waals surface area contributed by atoms with Crippen LogP contribution in [0, 0.1) is 0 Å². The van der Waals surface area contributed by atoms with Crippen molar-refractivity contribution in [1.29, 1.82) is 0 Å². The van der Waals surface area contributed by atoms with Crippen molar-refractivity contribution in [3.05, 3.63) is 137 Å². The van der Waals surface area contributed by atoms with Crippen LogP contribution in [0.4, 0.5) is 0 Å². The third-order valence-electron chi connectivity index (χ3n) is 7.29. The highest BCUT2D eigenvalue weighted by atomic mass is 15.1. The van der Waals surface area contributed by atoms with Crippen LogP contribution < -0.4 is 0 Å². The molecule has 3 heteroatoms. The Morgan fingerprint density at radius 3 is 2.08 bits per heavy atom. The van der Waals surface area contributed by atoms with E-state index in [0.29, 0.717) is 0 Å². The Kier molecular flexibility index (Phi) is 6.47. The van der Waals surface area contributed by atoms with Crippen LogP contribution in [0.1, 0.15) is 46.2 Å². The van der Waals surface area contributed by atoms with E-state index in [9.17, 15) is 0 Å². The molecule has 2 heterocycles. The molecule has 3 nitrogen and oxygen atoms in total. The van der Waals surface area contributed by atoms with Crippen molar-refractivity contribution in [2.24, 2.45) is 0 Å². The Morgan fingerprint density at radius 2 is 1.44 bits per heavy atom. The van der Waals surface area contributed by atoms with E-state index in [-0.39, 0.29) is 0 Å². The SMILES string of the molecule is C1=Cc2ccccc2C(=C2CCN(C/C=C/c3ccc(Cn4ccnc4)cc3)CC2)c2ccccc21. The standard InChI is InChI=1S/C33H31N3/c1-3-9-31-28(7-1)15-16-29-8-2-4-10-32(29)33(31)30-17-21-35(22-18-30)20-5-6-26-11-13-27(14-12-26)24-36-23-19-34-25-36/h1-16,19,23,25H,17-18,20-22,24H2/b6-5+. The van der Waals surface area contributed by atoms with Gasteiger partial charge in [0, 0.05) is 38.6 Å². The normalized spacial score (nSPS) is 15.7. The summed E-state index contributed by atoms with van der Waals surface area (Å²) in [5.41, 5.74) is 11.0. The van der Waals surface area contributed by atoms with E-state index in [0.717, 1.165) is 39.0 Å². The van der Waals surface area contributed by atoms with Crippen molar-refractivity contribution in [2.45, 2.75) is 19.4 Å². The van der Waals surface area contributed by atoms with Gasteiger partial charge in [0.15, 0.2) is 0 Å². The lowest BCUT2D eigenvalue weighted by Crippen LogP contribution is -2.31. The predicted molar refractivity (Wildman–Crippen MR) is 150 cm³/mol. The summed E-state index contributed by atoms with van der Waals surface area (Å²) in [5, 5.41) is 0. The van der Waals surface area contributed by atoms with Crippen molar-refractivity contribution >= 4 is 23.8 Å². The smallest absolute Gasteiger partial charge is 0.0949 e. The number of likely N-dealkylation sites (tertiary alicyclic amines) is 1. The van der Waals surface area contributed by atoms with E-state index < -0.39 is 0 Å². The Balaban J connectivity index is 1.12. The third-order valence-corrected chi connectivity index (χ3v) is 7.29. The zero-order chi connectivity index (χ0) is 24.2. The van der Waals surface area contributed by atoms with E-state index in [1.54, 1.807) is 5.57 Å². The fraction of sp³-hybridized carbons (Fsp3) is 0.182. The van der Waals surface area contributed by atoms with Gasteiger partial charge in [0.1, 0.15) is 0 Å². The van der Waals surface area contributed by atoms with Gasteiger partial charge < -0.3 is 4.57 Å². The van der Waals surface area contributed by atoms with Gasteiger partial charge in [-0.15, -0.1) is 0 Å². The van der Waals surface area contributed by atoms with E-state index in [1.807, 2.05) is 18.7 Å². The van der Waals surface area contributed by atoms with Gasteiger partial charge in [0.2, 0.25) is 0 Å². The molecule has 2 aliphatic rings. The first-order valence-electron chi connectivity index (χ1n) is 12.9. The molecule has 1 saturated heterocycles. The molecule has 4 aromatic rings. The summed E-state index contributed by atoms with van der Waals surface area (Å²) in [6.45, 7) is 4.06. The fourth-order valence-electron chi connectivity index (χ4n) is 5.36. The van der Waals surface area contributed by atoms with Gasteiger partial charge in [-0.3, -0.25) is 4.90 Å². The second-order valence-electron chi connectivity index (χ2n) is 9.67. The number of benzene rings is 3. The summed E-state index contributed by atoms with van der Waals surface area (Å²) in [7, 11) is 0. The molecule has 0 spiro atoms. The zero-order valence-electron chi connectivity index (χ0n) is 20.6. The first kappa shape index (κ1) is 22.5. The second kappa shape index (κ2) is 10.3. The van der Waals surface area contributed by atoms with E-state index in [4.69, 9.17) is 0 Å². The highest BCUT2D eigenvalue weighted by Crippen LogP contribution is 2.38. The van der Waals surface area contributed by atoms with Crippen LogP contribution >= 0.6 is 0 Å². The highest BCUT2D eigenvalue weighted by Gasteiger charge is 2.22. The molecule has 36 heavy (non-hydrogen) atoms. The molecule has 0 radical (unpaired) electrons. The molecule has 1 aliphatic carbocycles. The van der Waals surface area contributed by atoms with Gasteiger partial charge in [0.05, 0.1) is 6.33 Å². The van der Waals surface area contributed by atoms with E-state index in [1.165, 1.54) is 39.0 Å². The van der Waals surface area contributed by atoms with Crippen molar-refractivity contribution in [3.8, 4) is 0 Å². The van der Waals surface area contributed by atoms with E-state index >= 15 is 0 Å². The fourth-order valence-corrected chi connectivity index (χ4v) is 5.36. The number of fused-ring (bicyclic) bond motifs is 2. The Hall–Kier alpha value is -3.95. The summed E-state index contributed by atoms with van der Waals surface area (Å²) in [4.78, 5) is 6.69. The quantitative estimate of drug-likeness (QED) is 0.276. The molecule has 1 aromatic heterocycles. The number of rotatable bonds is 5. The van der Waals surface area contributed by atoms with Crippen molar-refractivity contribution in [1.82, 2.24) is 14.5 Å². The molecular weight excluding hydrogens is 438 g/mol. The first-order chi connectivity index (χ1) is 17.8. The third kappa shape index (κ3) is 4.89. The molecule has 0 amide bonds. The molecular formula is C33H31N3. The Labute approximate surface area is 213 Å². The number of hydrogen-bond acceptors (Lipinski definition) is 2. The van der Waals surface area contributed by atoms with Crippen molar-refractivity contribution < 1.29 is 0 Å². The molecule has 3 aromatic carbocycles. The topological polar surface area (TPSA) is 21.1 Å². The number of imidazole rings is 1. The molecule has 1 aliphatic heterocycles. The summed E-state index contributed by atoms with van der Waals surface area (Å²) in [6, 6.07) is 26.5.